The summed E-state index contributed by atoms with van der Waals surface area (Å²) in [7, 11) is 0. The summed E-state index contributed by atoms with van der Waals surface area (Å²) >= 11 is 3.42. The van der Waals surface area contributed by atoms with Crippen molar-refractivity contribution in [2.24, 2.45) is 28.8 Å². The Morgan fingerprint density at radius 1 is 1.03 bits per heavy atom. The average Bonchev–Trinajstić information content (AvgIpc) is 3.41. The zero-order valence-corrected chi connectivity index (χ0v) is 17.2. The van der Waals surface area contributed by atoms with Gasteiger partial charge in [-0.1, -0.05) is 52.3 Å². The van der Waals surface area contributed by atoms with E-state index in [4.69, 9.17) is 4.74 Å². The molecule has 0 radical (unpaired) electrons. The highest BCUT2D eigenvalue weighted by Crippen LogP contribution is 2.52. The van der Waals surface area contributed by atoms with E-state index < -0.39 is 0 Å². The van der Waals surface area contributed by atoms with Gasteiger partial charge < -0.3 is 4.74 Å². The first-order chi connectivity index (χ1) is 14.1. The number of allylic oxidation sites excluding steroid dienone is 2. The zero-order valence-electron chi connectivity index (χ0n) is 15.6. The lowest BCUT2D eigenvalue weighted by atomic mass is 9.85. The smallest absolute Gasteiger partial charge is 0.254 e. The van der Waals surface area contributed by atoms with E-state index in [1.807, 2.05) is 48.5 Å². The van der Waals surface area contributed by atoms with Gasteiger partial charge in [0.1, 0.15) is 12.4 Å². The van der Waals surface area contributed by atoms with Crippen molar-refractivity contribution in [2.45, 2.75) is 13.0 Å². The first-order valence-corrected chi connectivity index (χ1v) is 10.5. The van der Waals surface area contributed by atoms with E-state index in [-0.39, 0.29) is 35.5 Å². The maximum atomic E-state index is 12.7. The van der Waals surface area contributed by atoms with E-state index in [1.165, 1.54) is 0 Å². The van der Waals surface area contributed by atoms with E-state index in [2.05, 4.69) is 33.2 Å². The second kappa shape index (κ2) is 7.26. The van der Waals surface area contributed by atoms with Gasteiger partial charge in [0.15, 0.2) is 0 Å². The van der Waals surface area contributed by atoms with Crippen molar-refractivity contribution < 1.29 is 14.3 Å². The quantitative estimate of drug-likeness (QED) is 0.390. The third-order valence-electron chi connectivity index (χ3n) is 5.95. The molecule has 2 fully saturated rings. The van der Waals surface area contributed by atoms with Crippen LogP contribution >= 0.6 is 15.9 Å². The minimum atomic E-state index is -0.227. The molecule has 6 heteroatoms. The van der Waals surface area contributed by atoms with Crippen LogP contribution in [0.5, 0.6) is 5.75 Å². The predicted octanol–water partition coefficient (Wildman–Crippen LogP) is 4.17. The number of imide groups is 1. The van der Waals surface area contributed by atoms with E-state index >= 15 is 0 Å². The molecule has 2 aromatic rings. The summed E-state index contributed by atoms with van der Waals surface area (Å²) in [6.45, 7) is 0.454. The van der Waals surface area contributed by atoms with Crippen LogP contribution in [0.25, 0.3) is 0 Å². The summed E-state index contributed by atoms with van der Waals surface area (Å²) in [6.07, 6.45) is 6.63. The summed E-state index contributed by atoms with van der Waals surface area (Å²) in [5.74, 6) is 0.293. The van der Waals surface area contributed by atoms with Gasteiger partial charge in [-0.25, -0.2) is 0 Å². The molecule has 2 aliphatic carbocycles. The molecule has 0 spiro atoms. The fourth-order valence-electron chi connectivity index (χ4n) is 4.56. The third kappa shape index (κ3) is 3.31. The number of amides is 2. The highest BCUT2D eigenvalue weighted by molar-refractivity contribution is 9.10. The Morgan fingerprint density at radius 3 is 2.41 bits per heavy atom. The van der Waals surface area contributed by atoms with E-state index in [0.29, 0.717) is 12.4 Å². The van der Waals surface area contributed by atoms with Crippen LogP contribution in [0.3, 0.4) is 0 Å². The van der Waals surface area contributed by atoms with E-state index in [0.717, 1.165) is 27.0 Å². The number of ether oxygens (including phenoxy) is 1. The number of nitrogens with zero attached hydrogens (tertiary/aromatic N) is 2. The molecule has 2 amide bonds. The fourth-order valence-corrected chi connectivity index (χ4v) is 4.82. The summed E-state index contributed by atoms with van der Waals surface area (Å²) in [6, 6.07) is 15.4. The summed E-state index contributed by atoms with van der Waals surface area (Å²) in [4.78, 5) is 25.4. The Bertz CT molecular complexity index is 1000. The number of fused-ring (bicyclic) bond motifs is 5. The molecule has 5 nitrogen and oxygen atoms in total. The lowest BCUT2D eigenvalue weighted by molar-refractivity contribution is -0.140. The summed E-state index contributed by atoms with van der Waals surface area (Å²) in [5.41, 5.74) is 1.84. The van der Waals surface area contributed by atoms with Gasteiger partial charge in [-0.05, 0) is 53.6 Å². The molecule has 5 rings (SSSR count). The first-order valence-electron chi connectivity index (χ1n) is 9.67. The maximum Gasteiger partial charge on any atom is 0.254 e. The maximum absolute atomic E-state index is 12.7. The number of hydrogen-bond donors (Lipinski definition) is 0. The number of rotatable bonds is 5. The molecule has 2 bridgehead atoms. The minimum absolute atomic E-state index is 0.171. The second-order valence-corrected chi connectivity index (χ2v) is 8.64. The van der Waals surface area contributed by atoms with Gasteiger partial charge in [-0.15, -0.1) is 0 Å². The predicted molar refractivity (Wildman–Crippen MR) is 112 cm³/mol. The number of carbonyl (C=O) groups is 2. The molecule has 29 heavy (non-hydrogen) atoms. The van der Waals surface area contributed by atoms with Crippen LogP contribution in [0.2, 0.25) is 0 Å². The number of carbonyl (C=O) groups excluding carboxylic acids is 2. The normalized spacial score (nSPS) is 27.3. The van der Waals surface area contributed by atoms with Gasteiger partial charge in [0.2, 0.25) is 0 Å². The Morgan fingerprint density at radius 2 is 1.72 bits per heavy atom. The topological polar surface area (TPSA) is 59.0 Å². The van der Waals surface area contributed by atoms with Crippen LogP contribution in [-0.2, 0) is 16.2 Å². The molecule has 146 valence electrons. The van der Waals surface area contributed by atoms with E-state index in [1.54, 1.807) is 6.21 Å². The first kappa shape index (κ1) is 18.3. The van der Waals surface area contributed by atoms with Crippen LogP contribution in [-0.4, -0.2) is 23.0 Å². The molecule has 0 aromatic heterocycles. The Hall–Kier alpha value is -2.73. The fraction of sp³-hybridized carbons (Fsp3) is 0.261. The highest BCUT2D eigenvalue weighted by Gasteiger charge is 2.59. The third-order valence-corrected chi connectivity index (χ3v) is 6.47. The van der Waals surface area contributed by atoms with Crippen molar-refractivity contribution in [1.29, 1.82) is 0 Å². The number of halogens is 1. The van der Waals surface area contributed by atoms with Crippen LogP contribution in [0.4, 0.5) is 0 Å². The van der Waals surface area contributed by atoms with Gasteiger partial charge in [-0.2, -0.15) is 10.1 Å². The molecular weight excluding hydrogens is 432 g/mol. The molecule has 3 aliphatic rings. The SMILES string of the molecule is O=C1[C@@H]2[C@@H](C(=O)N1/N=C\c1cccc(OCc3ccc(Br)cc3)c1)[C@H]1C=C[C@H]2C1. The Labute approximate surface area is 177 Å². The van der Waals surface area contributed by atoms with Crippen molar-refractivity contribution in [3.8, 4) is 5.75 Å². The molecular formula is C23H19BrN2O3. The molecule has 1 heterocycles. The summed E-state index contributed by atoms with van der Waals surface area (Å²) < 4.78 is 6.88. The molecule has 1 saturated heterocycles. The van der Waals surface area contributed by atoms with Crippen molar-refractivity contribution in [3.05, 3.63) is 76.3 Å². The lowest BCUT2D eigenvalue weighted by Gasteiger charge is -2.13. The van der Waals surface area contributed by atoms with Crippen molar-refractivity contribution in [2.75, 3.05) is 0 Å². The van der Waals surface area contributed by atoms with Gasteiger partial charge in [0.05, 0.1) is 18.1 Å². The Kier molecular flexibility index (Phi) is 4.59. The number of hydrazone groups is 1. The number of benzene rings is 2. The molecule has 2 aromatic carbocycles. The Balaban J connectivity index is 1.27. The van der Waals surface area contributed by atoms with Gasteiger partial charge in [0, 0.05) is 4.47 Å². The van der Waals surface area contributed by atoms with Crippen LogP contribution in [0.1, 0.15) is 17.5 Å². The molecule has 1 aliphatic heterocycles. The molecule has 0 unspecified atom stereocenters. The summed E-state index contributed by atoms with van der Waals surface area (Å²) in [5, 5.41) is 5.29. The second-order valence-electron chi connectivity index (χ2n) is 7.72. The van der Waals surface area contributed by atoms with E-state index in [9.17, 15) is 9.59 Å². The average molecular weight is 451 g/mol. The van der Waals surface area contributed by atoms with Crippen LogP contribution < -0.4 is 4.74 Å². The molecule has 1 saturated carbocycles. The van der Waals surface area contributed by atoms with Crippen molar-refractivity contribution >= 4 is 34.0 Å². The standard InChI is InChI=1S/C23H19BrN2O3/c24-18-8-4-14(5-9-18)13-29-19-3-1-2-15(10-19)12-25-26-22(27)20-16-6-7-17(11-16)21(20)23(26)28/h1-10,12,16-17,20-21H,11,13H2/b25-12-/t16-,17-,20-,21-/m0/s1. The van der Waals surface area contributed by atoms with Crippen LogP contribution in [0.15, 0.2) is 70.3 Å². The van der Waals surface area contributed by atoms with Gasteiger partial charge >= 0.3 is 0 Å². The molecule has 4 atom stereocenters. The van der Waals surface area contributed by atoms with Crippen LogP contribution in [0, 0.1) is 23.7 Å². The van der Waals surface area contributed by atoms with Gasteiger partial charge in [-0.3, -0.25) is 9.59 Å². The van der Waals surface area contributed by atoms with Crippen molar-refractivity contribution in [1.82, 2.24) is 5.01 Å². The molecule has 0 N–H and O–H groups in total. The zero-order chi connectivity index (χ0) is 20.0. The lowest BCUT2D eigenvalue weighted by Crippen LogP contribution is -2.28. The largest absolute Gasteiger partial charge is 0.489 e. The minimum Gasteiger partial charge on any atom is -0.489 e. The number of hydrogen-bond acceptors (Lipinski definition) is 4. The van der Waals surface area contributed by atoms with Gasteiger partial charge in [0.25, 0.3) is 11.8 Å². The highest BCUT2D eigenvalue weighted by atomic mass is 79.9. The van der Waals surface area contributed by atoms with Crippen molar-refractivity contribution in [3.63, 3.8) is 0 Å². The monoisotopic (exact) mass is 450 g/mol.